The maximum Gasteiger partial charge on any atom is 0.330 e. The van der Waals surface area contributed by atoms with E-state index in [0.717, 1.165) is 6.08 Å². The number of hydrogen-bond donors (Lipinski definition) is 13. The molecule has 0 amide bonds. The van der Waals surface area contributed by atoms with Crippen LogP contribution in [0.2, 0.25) is 0 Å². The smallest absolute Gasteiger partial charge is 0.330 e. The molecular weight excluding hydrogens is 1010 g/mol. The average Bonchev–Trinajstić information content (AvgIpc) is 3.41. The van der Waals surface area contributed by atoms with E-state index < -0.39 is 191 Å². The Morgan fingerprint density at radius 1 is 0.553 bits per heavy atom. The Hall–Kier alpha value is -2.42. The van der Waals surface area contributed by atoms with Crippen molar-refractivity contribution in [1.29, 1.82) is 0 Å². The first-order valence-electron chi connectivity index (χ1n) is 26.9. The van der Waals surface area contributed by atoms with Crippen molar-refractivity contribution in [3.8, 4) is 0 Å². The summed E-state index contributed by atoms with van der Waals surface area (Å²) in [5.74, 6) is -2.97. The molecule has 76 heavy (non-hydrogen) atoms. The van der Waals surface area contributed by atoms with Gasteiger partial charge in [-0.05, 0) is 82.5 Å². The summed E-state index contributed by atoms with van der Waals surface area (Å²) < 4.78 is 59.1. The number of esters is 2. The number of fused-ring (bicyclic) bond motifs is 1. The summed E-state index contributed by atoms with van der Waals surface area (Å²) in [7, 11) is 1.48. The van der Waals surface area contributed by atoms with Gasteiger partial charge in [0.15, 0.2) is 37.2 Å². The van der Waals surface area contributed by atoms with E-state index in [9.17, 15) is 76.0 Å². The van der Waals surface area contributed by atoms with Gasteiger partial charge in [0, 0.05) is 38.0 Å². The molecule has 25 nitrogen and oxygen atoms in total. The van der Waals surface area contributed by atoms with E-state index in [-0.39, 0.29) is 43.9 Å². The zero-order chi connectivity index (χ0) is 54.5. The third-order valence-electron chi connectivity index (χ3n) is 16.9. The molecule has 14 N–H and O–H groups in total. The molecule has 4 heterocycles. The average molecular weight is 1090 g/mol. The first kappa shape index (κ1) is 59.7. The van der Waals surface area contributed by atoms with E-state index in [4.69, 9.17) is 47.4 Å². The number of aliphatic hydroxyl groups excluding tert-OH is 13. The quantitative estimate of drug-likeness (QED) is 0.0395. The summed E-state index contributed by atoms with van der Waals surface area (Å²) in [5.41, 5.74) is 0. The van der Waals surface area contributed by atoms with Gasteiger partial charge in [-0.1, -0.05) is 12.2 Å². The predicted molar refractivity (Wildman–Crippen MR) is 255 cm³/mol. The monoisotopic (exact) mass is 1090 g/mol. The van der Waals surface area contributed by atoms with Crippen LogP contribution in [0.1, 0.15) is 83.5 Å². The largest absolute Gasteiger partial charge is 0.460 e. The number of ether oxygens (including phenoxy) is 10. The number of methoxy groups -OCH3 is 1. The highest BCUT2D eigenvalue weighted by molar-refractivity contribution is 5.82. The van der Waals surface area contributed by atoms with Gasteiger partial charge >= 0.3 is 11.9 Å². The summed E-state index contributed by atoms with van der Waals surface area (Å²) >= 11 is 0. The first-order valence-corrected chi connectivity index (χ1v) is 26.9. The molecule has 8 aliphatic rings. The van der Waals surface area contributed by atoms with E-state index in [1.807, 2.05) is 0 Å². The van der Waals surface area contributed by atoms with Crippen molar-refractivity contribution >= 4 is 11.9 Å². The van der Waals surface area contributed by atoms with Crippen LogP contribution < -0.4 is 0 Å². The Morgan fingerprint density at radius 3 is 1.95 bits per heavy atom. The van der Waals surface area contributed by atoms with Crippen molar-refractivity contribution in [3.63, 3.8) is 0 Å². The summed E-state index contributed by atoms with van der Waals surface area (Å²) in [5, 5.41) is 140. The molecular formula is C51H81O25+. The highest BCUT2D eigenvalue weighted by atomic mass is 16.8. The van der Waals surface area contributed by atoms with Gasteiger partial charge in [0.2, 0.25) is 0 Å². The number of carbonyl (C=O) groups is 2. The van der Waals surface area contributed by atoms with Crippen LogP contribution in [-0.2, 0) is 52.2 Å². The van der Waals surface area contributed by atoms with Crippen molar-refractivity contribution < 1.29 is 123 Å². The normalized spacial score (nSPS) is 48.6. The van der Waals surface area contributed by atoms with Gasteiger partial charge in [0.25, 0.3) is 0 Å². The third-order valence-corrected chi connectivity index (χ3v) is 16.9. The Kier molecular flexibility index (Phi) is 21.1. The molecule has 0 bridgehead atoms. The zero-order valence-electron chi connectivity index (χ0n) is 42.5. The minimum atomic E-state index is -1.95. The zero-order valence-corrected chi connectivity index (χ0v) is 42.5. The van der Waals surface area contributed by atoms with Crippen LogP contribution in [0, 0.1) is 23.7 Å². The van der Waals surface area contributed by atoms with Crippen LogP contribution in [0.3, 0.4) is 0 Å². The highest BCUT2D eigenvalue weighted by Crippen LogP contribution is 2.44. The van der Waals surface area contributed by atoms with Crippen LogP contribution in [-0.4, -0.2) is 257 Å². The second-order valence-electron chi connectivity index (χ2n) is 22.1. The summed E-state index contributed by atoms with van der Waals surface area (Å²) in [6.07, 6.45) is -21.5. The van der Waals surface area contributed by atoms with Crippen molar-refractivity contribution in [1.82, 2.24) is 0 Å². The maximum absolute atomic E-state index is 13.4. The van der Waals surface area contributed by atoms with Gasteiger partial charge in [-0.2, -0.15) is 0 Å². The second-order valence-corrected chi connectivity index (χ2v) is 22.1. The van der Waals surface area contributed by atoms with Gasteiger partial charge in [-0.15, -0.1) is 0 Å². The standard InChI is InChI=1S/C51H80O25/c1-67-34-14-23(4-10-29(34)56)6-13-39(60)75-47-40(61)31(58)20-69-50(47)76-48-44(65)42(63)37(21-68-38(59)12-5-22-2-8-25(53)9-3-22)74-51(48)72-35-18-27-32(70-46(35)24-7-11-28(55)30(57)15-24)16-26(54)17-33(27)71-49-45(66)43(64)41(62)36(19-52)73-49/h5-6,12-13,22-37,40-58,61-66H,2-4,7-11,14-21H2,1H3/p+1/t22?,23?,24?,25?,26?,27?,28?,29?,30?,31-,32?,33?,34?,35?,36-,37-,40+,41-,42-,43+,44+,45-,46?,47-,48-,49-,50+,51-/m1/s1. The molecule has 8 rings (SSSR count). The van der Waals surface area contributed by atoms with Crippen LogP contribution in [0.4, 0.5) is 0 Å². The van der Waals surface area contributed by atoms with Crippen molar-refractivity contribution in [2.24, 2.45) is 23.7 Å². The topological polar surface area (TPSA) is 393 Å². The first-order chi connectivity index (χ1) is 36.3. The lowest BCUT2D eigenvalue weighted by molar-refractivity contribution is -0.385. The molecule has 4 aliphatic carbocycles. The molecule has 25 heteroatoms. The second kappa shape index (κ2) is 26.9. The summed E-state index contributed by atoms with van der Waals surface area (Å²) in [6, 6.07) is 0. The fourth-order valence-electron chi connectivity index (χ4n) is 12.3. The Labute approximate surface area is 439 Å². The van der Waals surface area contributed by atoms with Crippen LogP contribution in [0.5, 0.6) is 0 Å². The van der Waals surface area contributed by atoms with Crippen molar-refractivity contribution in [2.75, 3.05) is 26.9 Å². The fourth-order valence-corrected chi connectivity index (χ4v) is 12.3. The lowest BCUT2D eigenvalue weighted by Crippen LogP contribution is -2.66. The van der Waals surface area contributed by atoms with E-state index in [0.29, 0.717) is 51.4 Å². The molecule has 12 unspecified atom stereocenters. The minimum absolute atomic E-state index is 0.0153. The van der Waals surface area contributed by atoms with Crippen LogP contribution in [0.25, 0.3) is 0 Å². The van der Waals surface area contributed by atoms with E-state index in [2.05, 4.69) is 0 Å². The molecule has 0 aromatic carbocycles. The Balaban J connectivity index is 1.06. The minimum Gasteiger partial charge on any atom is -0.460 e. The van der Waals surface area contributed by atoms with Gasteiger partial charge in [0.1, 0.15) is 73.8 Å². The van der Waals surface area contributed by atoms with E-state index in [1.54, 1.807) is 12.2 Å². The molecule has 4 saturated heterocycles. The molecule has 0 radical (unpaired) electrons. The predicted octanol–water partition coefficient (Wildman–Crippen LogP) is -4.28. The number of hydrogen-bond acceptors (Lipinski definition) is 24. The fraction of sp³-hybridized carbons (Fsp3) is 0.882. The van der Waals surface area contributed by atoms with E-state index >= 15 is 0 Å². The summed E-state index contributed by atoms with van der Waals surface area (Å²) in [6.45, 7) is -1.86. The van der Waals surface area contributed by atoms with Crippen molar-refractivity contribution in [2.45, 2.75) is 231 Å². The molecule has 4 aliphatic heterocycles. The Morgan fingerprint density at radius 2 is 1.22 bits per heavy atom. The number of rotatable bonds is 16. The maximum atomic E-state index is 13.4. The van der Waals surface area contributed by atoms with Crippen molar-refractivity contribution in [3.05, 3.63) is 24.3 Å². The third kappa shape index (κ3) is 14.4. The van der Waals surface area contributed by atoms with Gasteiger partial charge in [-0.3, -0.25) is 0 Å². The molecule has 0 spiro atoms. The van der Waals surface area contributed by atoms with Gasteiger partial charge < -0.3 is 114 Å². The lowest BCUT2D eigenvalue weighted by Gasteiger charge is -2.50. The van der Waals surface area contributed by atoms with Gasteiger partial charge in [0.05, 0.1) is 61.9 Å². The van der Waals surface area contributed by atoms with Crippen LogP contribution >= 0.6 is 0 Å². The number of aliphatic hydroxyl groups is 15. The molecule has 8 fully saturated rings. The molecule has 26 atom stereocenters. The van der Waals surface area contributed by atoms with Gasteiger partial charge in [-0.25, -0.2) is 9.59 Å². The number of carbonyl (C=O) groups excluding carboxylic acids is 2. The molecule has 0 aromatic rings. The lowest BCUT2D eigenvalue weighted by atomic mass is 9.72. The van der Waals surface area contributed by atoms with Crippen LogP contribution in [0.15, 0.2) is 24.3 Å². The highest BCUT2D eigenvalue weighted by Gasteiger charge is 2.58. The molecule has 4 saturated carbocycles. The SMILES string of the molecule is COC1CC(C=CC(=O)O[C@H]2[C@H](O[C@H]3[C@H](OC4CC5C(O[C@@H]6O[C@H](CO)[C@@H](O)[C@H](O)[C@H]6O)CC(O)CC5[OH+]C4C4CCC(O)C(O)C4)O[C@H](COC(=O)C=CC4CCC(O)CC4)[C@@H](O)[C@@H]3O)OC[C@@H](O)[C@@H]2O)CCC1O. The number of allylic oxidation sites excluding steroid dienone is 2. The summed E-state index contributed by atoms with van der Waals surface area (Å²) in [4.78, 5) is 26.5. The molecule has 434 valence electrons. The molecule has 0 aromatic heterocycles. The Bertz CT molecular complexity index is 1900. The van der Waals surface area contributed by atoms with E-state index in [1.165, 1.54) is 13.2 Å².